The Balaban J connectivity index is 1.62. The van der Waals surface area contributed by atoms with Crippen LogP contribution in [0.3, 0.4) is 0 Å². The number of carbonyl (C=O) groups is 1. The lowest BCUT2D eigenvalue weighted by Crippen LogP contribution is -2.20. The Hall–Kier alpha value is -2.87. The number of alkyl halides is 3. The molecular weight excluding hydrogens is 371 g/mol. The number of nitrogens with zero attached hydrogens (tertiary/aromatic N) is 1. The van der Waals surface area contributed by atoms with Crippen molar-refractivity contribution in [2.24, 2.45) is 0 Å². The smallest absolute Gasteiger partial charge is 0.417 e. The van der Waals surface area contributed by atoms with Crippen LogP contribution in [-0.4, -0.2) is 22.3 Å². The molecule has 0 aliphatic heterocycles. The first-order valence-electron chi connectivity index (χ1n) is 7.44. The number of aromatic amines is 1. The van der Waals surface area contributed by atoms with Crippen molar-refractivity contribution in [1.82, 2.24) is 9.78 Å². The van der Waals surface area contributed by atoms with Gasteiger partial charge in [0.15, 0.2) is 6.61 Å². The Bertz CT molecular complexity index is 909. The number of hydrogen-bond acceptors (Lipinski definition) is 2. The van der Waals surface area contributed by atoms with Crippen LogP contribution in [-0.2, 0) is 11.0 Å². The lowest BCUT2D eigenvalue weighted by Gasteiger charge is -2.13. The molecule has 0 spiro atoms. The number of nitrogens with one attached hydrogen (secondary N) is 2. The zero-order valence-electron chi connectivity index (χ0n) is 13.2. The van der Waals surface area contributed by atoms with Gasteiger partial charge in [0.1, 0.15) is 5.75 Å². The van der Waals surface area contributed by atoms with Crippen LogP contribution in [0.25, 0.3) is 5.69 Å². The van der Waals surface area contributed by atoms with Gasteiger partial charge in [-0.3, -0.25) is 9.48 Å². The van der Waals surface area contributed by atoms with E-state index in [1.165, 1.54) is 6.07 Å². The summed E-state index contributed by atoms with van der Waals surface area (Å²) in [5.41, 5.74) is -0.211. The molecule has 2 aromatic carbocycles. The molecule has 5 nitrogen and oxygen atoms in total. The second kappa shape index (κ2) is 7.17. The van der Waals surface area contributed by atoms with Crippen LogP contribution < -0.4 is 10.1 Å². The molecule has 0 saturated heterocycles. The van der Waals surface area contributed by atoms with Crippen LogP contribution in [0.5, 0.6) is 5.75 Å². The Labute approximate surface area is 151 Å². The van der Waals surface area contributed by atoms with E-state index in [9.17, 15) is 18.0 Å². The molecule has 0 saturated carbocycles. The van der Waals surface area contributed by atoms with Crippen molar-refractivity contribution in [3.63, 3.8) is 0 Å². The number of anilines is 1. The van der Waals surface area contributed by atoms with E-state index in [1.54, 1.807) is 29.1 Å². The first kappa shape index (κ1) is 17.9. The molecule has 3 aromatic rings. The highest BCUT2D eigenvalue weighted by Crippen LogP contribution is 2.36. The van der Waals surface area contributed by atoms with Crippen molar-refractivity contribution in [3.05, 3.63) is 65.4 Å². The van der Waals surface area contributed by atoms with Crippen LogP contribution in [0.4, 0.5) is 18.9 Å². The number of rotatable bonds is 5. The Morgan fingerprint density at radius 2 is 2.00 bits per heavy atom. The summed E-state index contributed by atoms with van der Waals surface area (Å²) in [7, 11) is 0. The number of ether oxygens (including phenoxy) is 1. The maximum absolute atomic E-state index is 12.8. The van der Waals surface area contributed by atoms with Gasteiger partial charge in [-0.1, -0.05) is 17.7 Å². The first-order chi connectivity index (χ1) is 12.3. The van der Waals surface area contributed by atoms with Gasteiger partial charge in [-0.05, 0) is 30.3 Å². The number of carbonyl (C=O) groups excluding carboxylic acids is 1. The summed E-state index contributed by atoms with van der Waals surface area (Å²) in [5.74, 6) is -0.139. The van der Waals surface area contributed by atoms with E-state index in [0.29, 0.717) is 5.75 Å². The van der Waals surface area contributed by atoms with Crippen molar-refractivity contribution >= 4 is 23.2 Å². The topological polar surface area (TPSA) is 59.0 Å². The SMILES string of the molecule is O=C(COc1cccc(-n2cc[nH]2)c1)Nc1ccc(Cl)c(C(F)(F)F)c1. The lowest BCUT2D eigenvalue weighted by atomic mass is 10.2. The van der Waals surface area contributed by atoms with Gasteiger partial charge in [-0.2, -0.15) is 13.2 Å². The largest absolute Gasteiger partial charge is 0.484 e. The molecule has 0 bridgehead atoms. The zero-order valence-corrected chi connectivity index (χ0v) is 13.9. The number of hydrogen-bond donors (Lipinski definition) is 2. The highest BCUT2D eigenvalue weighted by Gasteiger charge is 2.33. The van der Waals surface area contributed by atoms with E-state index in [2.05, 4.69) is 10.4 Å². The molecule has 0 fully saturated rings. The van der Waals surface area contributed by atoms with E-state index in [4.69, 9.17) is 16.3 Å². The van der Waals surface area contributed by atoms with Crippen LogP contribution in [0.1, 0.15) is 5.56 Å². The summed E-state index contributed by atoms with van der Waals surface area (Å²) in [4.78, 5) is 11.9. The van der Waals surface area contributed by atoms with Gasteiger partial charge in [0, 0.05) is 24.1 Å². The third-order valence-electron chi connectivity index (χ3n) is 3.46. The van der Waals surface area contributed by atoms with Crippen LogP contribution in [0.15, 0.2) is 54.9 Å². The van der Waals surface area contributed by atoms with E-state index in [0.717, 1.165) is 17.8 Å². The summed E-state index contributed by atoms with van der Waals surface area (Å²) < 4.78 is 45.6. The number of H-pyrrole nitrogens is 1. The highest BCUT2D eigenvalue weighted by atomic mass is 35.5. The molecular formula is C17H13ClF3N3O2. The van der Waals surface area contributed by atoms with E-state index >= 15 is 0 Å². The van der Waals surface area contributed by atoms with E-state index < -0.39 is 22.7 Å². The average molecular weight is 384 g/mol. The fourth-order valence-electron chi connectivity index (χ4n) is 2.20. The number of amides is 1. The van der Waals surface area contributed by atoms with Gasteiger partial charge in [0.05, 0.1) is 16.3 Å². The maximum atomic E-state index is 12.8. The molecule has 0 unspecified atom stereocenters. The molecule has 1 aromatic heterocycles. The molecule has 1 heterocycles. The highest BCUT2D eigenvalue weighted by molar-refractivity contribution is 6.31. The van der Waals surface area contributed by atoms with Gasteiger partial charge in [-0.25, -0.2) is 0 Å². The van der Waals surface area contributed by atoms with E-state index in [1.807, 2.05) is 12.3 Å². The monoisotopic (exact) mass is 383 g/mol. The van der Waals surface area contributed by atoms with Crippen molar-refractivity contribution in [2.75, 3.05) is 11.9 Å². The predicted octanol–water partition coefficient (Wildman–Crippen LogP) is 4.50. The summed E-state index contributed by atoms with van der Waals surface area (Å²) in [5, 5.41) is 4.85. The molecule has 0 aliphatic rings. The second-order valence-corrected chi connectivity index (χ2v) is 5.75. The summed E-state index contributed by atoms with van der Waals surface area (Å²) >= 11 is 5.54. The second-order valence-electron chi connectivity index (χ2n) is 5.34. The molecule has 1 amide bonds. The van der Waals surface area contributed by atoms with Crippen molar-refractivity contribution in [1.29, 1.82) is 0 Å². The number of benzene rings is 2. The minimum absolute atomic E-state index is 0.0148. The normalized spacial score (nSPS) is 11.4. The lowest BCUT2D eigenvalue weighted by molar-refractivity contribution is -0.137. The van der Waals surface area contributed by atoms with Crippen molar-refractivity contribution < 1.29 is 22.7 Å². The summed E-state index contributed by atoms with van der Waals surface area (Å²) in [6, 6.07) is 10.1. The molecule has 0 radical (unpaired) electrons. The molecule has 2 N–H and O–H groups in total. The molecule has 9 heteroatoms. The summed E-state index contributed by atoms with van der Waals surface area (Å²) in [6.07, 6.45) is -1.04. The van der Waals surface area contributed by atoms with E-state index in [-0.39, 0.29) is 12.3 Å². The van der Waals surface area contributed by atoms with Gasteiger partial charge in [0.2, 0.25) is 0 Å². The minimum atomic E-state index is -4.60. The Morgan fingerprint density at radius 3 is 2.65 bits per heavy atom. The quantitative estimate of drug-likeness (QED) is 0.681. The van der Waals surface area contributed by atoms with Crippen molar-refractivity contribution in [3.8, 4) is 11.4 Å². The molecule has 3 rings (SSSR count). The fourth-order valence-corrected chi connectivity index (χ4v) is 2.42. The standard InChI is InChI=1S/C17H13ClF3N3O2/c18-15-5-4-11(8-14(15)17(19,20)21)23-16(25)10-26-13-3-1-2-12(9-13)24-7-6-22-24/h1-9,22H,10H2,(H,23,25). The third-order valence-corrected chi connectivity index (χ3v) is 3.79. The number of halogens is 4. The van der Waals surface area contributed by atoms with Gasteiger partial charge < -0.3 is 15.2 Å². The molecule has 136 valence electrons. The Morgan fingerprint density at radius 1 is 1.23 bits per heavy atom. The summed E-state index contributed by atoms with van der Waals surface area (Å²) in [6.45, 7) is -0.350. The Kier molecular flexibility index (Phi) is 4.94. The first-order valence-corrected chi connectivity index (χ1v) is 7.82. The zero-order chi connectivity index (χ0) is 18.7. The van der Waals surface area contributed by atoms with Gasteiger partial charge in [-0.15, -0.1) is 0 Å². The van der Waals surface area contributed by atoms with Gasteiger partial charge in [0.25, 0.3) is 5.91 Å². The van der Waals surface area contributed by atoms with Gasteiger partial charge >= 0.3 is 6.18 Å². The van der Waals surface area contributed by atoms with Crippen LogP contribution in [0.2, 0.25) is 5.02 Å². The fraction of sp³-hybridized carbons (Fsp3) is 0.118. The molecule has 0 aliphatic carbocycles. The minimum Gasteiger partial charge on any atom is -0.484 e. The predicted molar refractivity (Wildman–Crippen MR) is 90.7 cm³/mol. The maximum Gasteiger partial charge on any atom is 0.417 e. The van der Waals surface area contributed by atoms with Crippen molar-refractivity contribution in [2.45, 2.75) is 6.18 Å². The van der Waals surface area contributed by atoms with Crippen LogP contribution in [0, 0.1) is 0 Å². The molecule has 26 heavy (non-hydrogen) atoms. The van der Waals surface area contributed by atoms with Crippen LogP contribution >= 0.6 is 11.6 Å². The average Bonchev–Trinajstić information content (AvgIpc) is 2.52. The third kappa shape index (κ3) is 4.20. The number of aromatic nitrogens is 2. The molecule has 0 atom stereocenters.